The molecule has 2 saturated heterocycles. The minimum Gasteiger partial charge on any atom is -0.458 e. The number of esters is 2. The second-order valence-corrected chi connectivity index (χ2v) is 13.4. The van der Waals surface area contributed by atoms with Gasteiger partial charge in [-0.1, -0.05) is 62.4 Å². The van der Waals surface area contributed by atoms with Crippen LogP contribution in [0.25, 0.3) is 0 Å². The summed E-state index contributed by atoms with van der Waals surface area (Å²) in [5, 5.41) is 21.1. The second kappa shape index (κ2) is 14.6. The topological polar surface area (TPSA) is 106 Å². The number of cyclic esters (lactones) is 1. The van der Waals surface area contributed by atoms with Crippen molar-refractivity contribution in [2.45, 2.75) is 89.9 Å². The van der Waals surface area contributed by atoms with Gasteiger partial charge in [0.1, 0.15) is 12.3 Å². The van der Waals surface area contributed by atoms with Gasteiger partial charge in [0.05, 0.1) is 24.3 Å². The fourth-order valence-corrected chi connectivity index (χ4v) is 8.08. The van der Waals surface area contributed by atoms with Crippen molar-refractivity contribution in [1.29, 1.82) is 0 Å². The Bertz CT molecular complexity index is 1220. The van der Waals surface area contributed by atoms with E-state index in [4.69, 9.17) is 14.2 Å². The van der Waals surface area contributed by atoms with E-state index in [1.54, 1.807) is 0 Å². The quantitative estimate of drug-likeness (QED) is 0.247. The van der Waals surface area contributed by atoms with Crippen LogP contribution in [0.2, 0.25) is 0 Å². The molecule has 0 spiro atoms. The van der Waals surface area contributed by atoms with Crippen LogP contribution >= 0.6 is 0 Å². The summed E-state index contributed by atoms with van der Waals surface area (Å²) in [7, 11) is 1.93. The minimum atomic E-state index is -0.864. The first-order chi connectivity index (χ1) is 19.3. The molecule has 5 rings (SSSR count). The monoisotopic (exact) mass is 1020 g/mol. The second-order valence-electron chi connectivity index (χ2n) is 13.4. The van der Waals surface area contributed by atoms with Crippen LogP contribution < -0.4 is 0 Å². The molecule has 0 aromatic heterocycles. The third-order valence-electron chi connectivity index (χ3n) is 10.8. The molecule has 4 aliphatic rings. The van der Waals surface area contributed by atoms with Crippen LogP contribution in [-0.2, 0) is 23.8 Å². The van der Waals surface area contributed by atoms with Gasteiger partial charge in [-0.05, 0) is 75.8 Å². The van der Waals surface area contributed by atoms with E-state index in [0.29, 0.717) is 18.4 Å². The molecule has 1 aromatic carbocycles. The average molecular weight is 1020 g/mol. The number of ether oxygens (including phenoxy) is 3. The van der Waals surface area contributed by atoms with Crippen molar-refractivity contribution < 1.29 is 122 Å². The first-order valence-electron chi connectivity index (χ1n) is 14.8. The summed E-state index contributed by atoms with van der Waals surface area (Å²) in [4.78, 5) is 28.4. The SMILES string of the molecule is C=C1CCC2[C@](C)(CO)C(O)CC[C@]2(C)[C@H]1C/C=C1/C(=O)OCC1OC(=O)C1OC(C)(C)N(C)C1c1ccccc1.[Ac].[Ac]. The zero-order valence-corrected chi connectivity index (χ0v) is 35.6. The maximum absolute atomic E-state index is 13.6. The van der Waals surface area contributed by atoms with Gasteiger partial charge in [0.2, 0.25) is 0 Å². The predicted octanol–water partition coefficient (Wildman–Crippen LogP) is 4.32. The third kappa shape index (κ3) is 6.99. The van der Waals surface area contributed by atoms with Gasteiger partial charge in [0, 0.05) is 93.5 Å². The van der Waals surface area contributed by atoms with Crippen LogP contribution in [0.1, 0.15) is 71.4 Å². The van der Waals surface area contributed by atoms with Crippen LogP contribution in [-0.4, -0.2) is 71.3 Å². The number of allylic oxidation sites excluding steroid dienone is 2. The smallest absolute Gasteiger partial charge is 0.338 e. The molecule has 2 heterocycles. The molecule has 0 bridgehead atoms. The van der Waals surface area contributed by atoms with Crippen molar-refractivity contribution in [3.05, 3.63) is 59.7 Å². The summed E-state index contributed by atoms with van der Waals surface area (Å²) < 4.78 is 17.5. The molecule has 230 valence electrons. The zero-order chi connectivity index (χ0) is 29.7. The Morgan fingerprint density at radius 3 is 2.49 bits per heavy atom. The molecule has 8 nitrogen and oxygen atoms in total. The number of rotatable bonds is 6. The van der Waals surface area contributed by atoms with E-state index < -0.39 is 41.4 Å². The summed E-state index contributed by atoms with van der Waals surface area (Å²) in [5.74, 6) is -0.822. The molecule has 2 N–H and O–H groups in total. The standard InChI is InChI=1S/C33H45NO7.2Ac/c1-20-12-15-25-32(4,17-16-26(36)33(25,5)19-35)23(20)14-13-22-24(18-39-29(22)37)40-30(38)28-27(21-10-8-7-9-11-21)34(6)31(2,3)41-28;;/h7-11,13,23-28,35-36H,1,12,14-19H2,2-6H3;;/b22-13+;;/t23-,24?,25?,26?,27?,28?,32+,33-;;/m0../s1. The average Bonchev–Trinajstić information content (AvgIpc) is 3.41. The van der Waals surface area contributed by atoms with Gasteiger partial charge in [-0.15, -0.1) is 0 Å². The first kappa shape index (κ1) is 37.8. The molecule has 2 aliphatic heterocycles. The number of aliphatic hydroxyl groups excluding tert-OH is 2. The van der Waals surface area contributed by atoms with Crippen molar-refractivity contribution in [2.75, 3.05) is 20.3 Å². The van der Waals surface area contributed by atoms with E-state index >= 15 is 0 Å². The molecule has 5 unspecified atom stereocenters. The van der Waals surface area contributed by atoms with Gasteiger partial charge >= 0.3 is 11.9 Å². The van der Waals surface area contributed by atoms with Gasteiger partial charge in [-0.2, -0.15) is 0 Å². The molecular formula is C33H45Ac2NO7. The van der Waals surface area contributed by atoms with E-state index in [1.165, 1.54) is 0 Å². The van der Waals surface area contributed by atoms with Crippen LogP contribution in [0, 0.1) is 111 Å². The van der Waals surface area contributed by atoms with Crippen molar-refractivity contribution >= 4 is 11.9 Å². The van der Waals surface area contributed by atoms with E-state index in [1.807, 2.05) is 69.1 Å². The van der Waals surface area contributed by atoms with E-state index in [-0.39, 0.29) is 125 Å². The van der Waals surface area contributed by atoms with Crippen molar-refractivity contribution in [3.63, 3.8) is 0 Å². The number of carbonyl (C=O) groups excluding carboxylic acids is 2. The van der Waals surface area contributed by atoms with Gasteiger partial charge in [-0.3, -0.25) is 4.90 Å². The number of carbonyl (C=O) groups is 2. The molecule has 43 heavy (non-hydrogen) atoms. The summed E-state index contributed by atoms with van der Waals surface area (Å²) in [5.41, 5.74) is 0.958. The minimum absolute atomic E-state index is 0. The molecule has 0 amide bonds. The Labute approximate surface area is 327 Å². The number of likely N-dealkylation sites (N-methyl/N-ethyl adjacent to an activating group) is 1. The first-order valence-corrected chi connectivity index (χ1v) is 14.8. The number of aliphatic hydroxyl groups is 2. The molecule has 2 saturated carbocycles. The van der Waals surface area contributed by atoms with E-state index in [2.05, 4.69) is 13.5 Å². The van der Waals surface area contributed by atoms with Gasteiger partial charge in [0.25, 0.3) is 0 Å². The summed E-state index contributed by atoms with van der Waals surface area (Å²) >= 11 is 0. The summed E-state index contributed by atoms with van der Waals surface area (Å²) in [6, 6.07) is 9.39. The molecule has 2 aliphatic carbocycles. The molecule has 2 radical (unpaired) electrons. The van der Waals surface area contributed by atoms with Gasteiger partial charge in [-0.25, -0.2) is 9.59 Å². The Hall–Kier alpha value is 0.363. The van der Waals surface area contributed by atoms with Crippen LogP contribution in [0.4, 0.5) is 0 Å². The molecular weight excluding hydrogens is 976 g/mol. The third-order valence-corrected chi connectivity index (χ3v) is 10.8. The Kier molecular flexibility index (Phi) is 12.9. The number of hydrogen-bond acceptors (Lipinski definition) is 8. The largest absolute Gasteiger partial charge is 0.458 e. The number of hydrogen-bond donors (Lipinski definition) is 2. The fourth-order valence-electron chi connectivity index (χ4n) is 8.08. The fraction of sp³-hybridized carbons (Fsp3) is 0.636. The van der Waals surface area contributed by atoms with Crippen molar-refractivity contribution in [1.82, 2.24) is 4.90 Å². The number of nitrogens with zero attached hydrogens (tertiary/aromatic N) is 1. The Balaban J connectivity index is 0.00000253. The molecule has 8 atom stereocenters. The zero-order valence-electron chi connectivity index (χ0n) is 26.1. The number of benzene rings is 1. The number of fused-ring (bicyclic) bond motifs is 1. The Morgan fingerprint density at radius 1 is 1.16 bits per heavy atom. The van der Waals surface area contributed by atoms with E-state index in [0.717, 1.165) is 30.4 Å². The van der Waals surface area contributed by atoms with Gasteiger partial charge in [0.15, 0.2) is 12.2 Å². The Morgan fingerprint density at radius 2 is 1.84 bits per heavy atom. The maximum Gasteiger partial charge on any atom is 0.338 e. The molecule has 1 aromatic rings. The van der Waals surface area contributed by atoms with Crippen molar-refractivity contribution in [2.24, 2.45) is 22.7 Å². The van der Waals surface area contributed by atoms with Crippen LogP contribution in [0.5, 0.6) is 0 Å². The normalized spacial score (nSPS) is 38.1. The summed E-state index contributed by atoms with van der Waals surface area (Å²) in [6.45, 7) is 12.3. The molecule has 4 fully saturated rings. The predicted molar refractivity (Wildman–Crippen MR) is 153 cm³/mol. The van der Waals surface area contributed by atoms with Crippen molar-refractivity contribution in [3.8, 4) is 0 Å². The van der Waals surface area contributed by atoms with Gasteiger partial charge < -0.3 is 24.4 Å². The van der Waals surface area contributed by atoms with E-state index in [9.17, 15) is 19.8 Å². The molecule has 10 heteroatoms. The van der Waals surface area contributed by atoms with Crippen LogP contribution in [0.15, 0.2) is 54.1 Å². The summed E-state index contributed by atoms with van der Waals surface area (Å²) in [6.07, 6.45) is 3.27. The maximum atomic E-state index is 13.6. The van der Waals surface area contributed by atoms with Crippen LogP contribution in [0.3, 0.4) is 0 Å².